The van der Waals surface area contributed by atoms with Crippen LogP contribution < -0.4 is 0 Å². The second kappa shape index (κ2) is 18.6. The summed E-state index contributed by atoms with van der Waals surface area (Å²) in [4.78, 5) is 0. The molecule has 3 nitrogen and oxygen atoms in total. The molecule has 0 aliphatic heterocycles. The van der Waals surface area contributed by atoms with E-state index in [-0.39, 0.29) is 0 Å². The zero-order chi connectivity index (χ0) is 47.4. The monoisotopic (exact) mass is 947 g/mol. The highest BCUT2D eigenvalue weighted by atomic mass is 31.2. The molecule has 70 heavy (non-hydrogen) atoms. The van der Waals surface area contributed by atoms with Gasteiger partial charge in [0.2, 0.25) is 0 Å². The molecule has 12 aliphatic carbocycles. The van der Waals surface area contributed by atoms with E-state index in [9.17, 15) is 0 Å². The van der Waals surface area contributed by atoms with Gasteiger partial charge in [0.05, 0.1) is 16.2 Å². The first-order valence-corrected chi connectivity index (χ1v) is 29.1. The first-order chi connectivity index (χ1) is 34.5. The molecular formula is C66H75O3P. The molecule has 0 unspecified atom stereocenters. The summed E-state index contributed by atoms with van der Waals surface area (Å²) in [5.74, 6) is 0. The summed E-state index contributed by atoms with van der Waals surface area (Å²) in [6, 6.07) is 0. The van der Waals surface area contributed by atoms with Gasteiger partial charge in [0, 0.05) is 0 Å². The van der Waals surface area contributed by atoms with Crippen LogP contribution in [0.3, 0.4) is 0 Å². The molecule has 0 heterocycles. The Kier molecular flexibility index (Phi) is 12.4. The molecule has 12 rings (SSSR count). The maximum absolute atomic E-state index is 8.52. The van der Waals surface area contributed by atoms with Gasteiger partial charge in [-0.25, -0.2) is 0 Å². The van der Waals surface area contributed by atoms with Crippen LogP contribution in [0.15, 0.2) is 213 Å². The van der Waals surface area contributed by atoms with E-state index in [2.05, 4.69) is 167 Å². The van der Waals surface area contributed by atoms with E-state index in [0.29, 0.717) is 0 Å². The molecular weight excluding hydrogens is 872 g/mol. The van der Waals surface area contributed by atoms with E-state index in [1.54, 1.807) is 0 Å². The summed E-state index contributed by atoms with van der Waals surface area (Å²) >= 11 is 0. The molecule has 0 aromatic heterocycles. The number of fused-ring (bicyclic) bond motifs is 15. The van der Waals surface area contributed by atoms with E-state index >= 15 is 0 Å². The molecule has 0 amide bonds. The number of rotatable bonds is 30. The van der Waals surface area contributed by atoms with Crippen LogP contribution in [0.4, 0.5) is 0 Å². The molecule has 0 N–H and O–H groups in total. The van der Waals surface area contributed by atoms with Crippen molar-refractivity contribution >= 4 is 8.60 Å². The SMILES string of the molecule is CCCCCCCCC1(C2(OP(OC3(C4(CCCCCCCC)C5=CC=C4C=C5)C4=CC=C3C=C4)OC3(C4(CCCCCCCC)C5=CC=C4C=C5)C4=CC=C3C=C4)C3=CC=C2C=C3)C2=CC=C1C=C2. The Morgan fingerprint density at radius 1 is 0.257 bits per heavy atom. The van der Waals surface area contributed by atoms with E-state index in [1.807, 2.05) is 0 Å². The maximum atomic E-state index is 8.52. The Morgan fingerprint density at radius 3 is 0.643 bits per heavy atom. The lowest BCUT2D eigenvalue weighted by Gasteiger charge is -2.54. The Labute approximate surface area is 421 Å². The van der Waals surface area contributed by atoms with Crippen molar-refractivity contribution in [3.05, 3.63) is 213 Å². The predicted octanol–water partition coefficient (Wildman–Crippen LogP) is 18.3. The summed E-state index contributed by atoms with van der Waals surface area (Å²) in [7, 11) is -2.15. The van der Waals surface area contributed by atoms with Crippen molar-refractivity contribution in [2.45, 2.75) is 172 Å². The second-order valence-corrected chi connectivity index (χ2v) is 23.3. The number of allylic oxidation sites excluding steroid dienone is 18. The summed E-state index contributed by atoms with van der Waals surface area (Å²) < 4.78 is 25.6. The van der Waals surface area contributed by atoms with Gasteiger partial charge in [0.1, 0.15) is 16.8 Å². The number of hydrogen-bond donors (Lipinski definition) is 0. The first-order valence-electron chi connectivity index (χ1n) is 28.0. The largest absolute Gasteiger partial charge is 0.336 e. The van der Waals surface area contributed by atoms with Crippen molar-refractivity contribution in [3.8, 4) is 0 Å². The quantitative estimate of drug-likeness (QED) is 0.0530. The molecule has 0 aromatic carbocycles. The Bertz CT molecular complexity index is 2340. The third kappa shape index (κ3) is 6.46. The molecule has 0 saturated carbocycles. The normalized spacial score (nSPS) is 24.5. The van der Waals surface area contributed by atoms with Gasteiger partial charge in [-0.2, -0.15) is 0 Å². The molecule has 12 aliphatic rings. The number of unbranched alkanes of at least 4 members (excludes halogenated alkanes) is 15. The highest BCUT2D eigenvalue weighted by molar-refractivity contribution is 7.42. The molecule has 0 aromatic rings. The molecule has 0 radical (unpaired) electrons. The lowest BCUT2D eigenvalue weighted by Crippen LogP contribution is -2.54. The van der Waals surface area contributed by atoms with E-state index in [0.717, 1.165) is 38.5 Å². The van der Waals surface area contributed by atoms with Crippen LogP contribution in [-0.2, 0) is 13.6 Å². The highest BCUT2D eigenvalue weighted by Gasteiger charge is 2.71. The van der Waals surface area contributed by atoms with Gasteiger partial charge in [-0.3, -0.25) is 13.6 Å². The fraction of sp³-hybridized carbons (Fsp3) is 0.455. The summed E-state index contributed by atoms with van der Waals surface area (Å²) in [5, 5.41) is 0. The van der Waals surface area contributed by atoms with Crippen LogP contribution in [0.25, 0.3) is 0 Å². The Morgan fingerprint density at radius 2 is 0.443 bits per heavy atom. The van der Waals surface area contributed by atoms with Gasteiger partial charge in [-0.05, 0) is 86.1 Å². The van der Waals surface area contributed by atoms with Gasteiger partial charge >= 0.3 is 8.60 Å². The highest BCUT2D eigenvalue weighted by Crippen LogP contribution is 2.76. The molecule has 0 fully saturated rings. The van der Waals surface area contributed by atoms with Crippen molar-refractivity contribution in [1.82, 2.24) is 0 Å². The first kappa shape index (κ1) is 46.7. The third-order valence-electron chi connectivity index (χ3n) is 18.9. The lowest BCUT2D eigenvalue weighted by atomic mass is 9.61. The summed E-state index contributed by atoms with van der Waals surface area (Å²) in [5.41, 5.74) is 11.8. The predicted molar refractivity (Wildman–Crippen MR) is 291 cm³/mol. The fourth-order valence-corrected chi connectivity index (χ4v) is 17.4. The fourth-order valence-electron chi connectivity index (χ4n) is 15.5. The van der Waals surface area contributed by atoms with Gasteiger partial charge in [0.15, 0.2) is 0 Å². The van der Waals surface area contributed by atoms with Crippen LogP contribution in [0.5, 0.6) is 0 Å². The van der Waals surface area contributed by atoms with Crippen molar-refractivity contribution < 1.29 is 13.6 Å². The van der Waals surface area contributed by atoms with Gasteiger partial charge in [-0.15, -0.1) is 0 Å². The van der Waals surface area contributed by atoms with E-state index in [1.165, 1.54) is 163 Å². The van der Waals surface area contributed by atoms with E-state index < -0.39 is 41.7 Å². The van der Waals surface area contributed by atoms with Crippen molar-refractivity contribution in [2.75, 3.05) is 0 Å². The molecule has 12 bridgehead atoms. The zero-order valence-corrected chi connectivity index (χ0v) is 43.3. The minimum absolute atomic E-state index is 0.399. The average Bonchev–Trinajstić information content (AvgIpc) is 4.30. The van der Waals surface area contributed by atoms with Crippen LogP contribution >= 0.6 is 8.60 Å². The van der Waals surface area contributed by atoms with Crippen molar-refractivity contribution in [1.29, 1.82) is 0 Å². The minimum Gasteiger partial charge on any atom is -0.294 e. The molecule has 4 heteroatoms. The summed E-state index contributed by atoms with van der Waals surface area (Å²) in [6.45, 7) is 6.94. The van der Waals surface area contributed by atoms with Crippen LogP contribution in [0.2, 0.25) is 0 Å². The lowest BCUT2D eigenvalue weighted by molar-refractivity contribution is -0.0448. The van der Waals surface area contributed by atoms with Gasteiger partial charge < -0.3 is 0 Å². The Hall–Kier alpha value is -4.37. The minimum atomic E-state index is -2.15. The average molecular weight is 947 g/mol. The topological polar surface area (TPSA) is 27.7 Å². The molecule has 0 saturated heterocycles. The van der Waals surface area contributed by atoms with Gasteiger partial charge in [-0.1, -0.05) is 282 Å². The van der Waals surface area contributed by atoms with Crippen molar-refractivity contribution in [2.24, 2.45) is 16.2 Å². The third-order valence-corrected chi connectivity index (χ3v) is 20.1. The smallest absolute Gasteiger partial charge is 0.294 e. The molecule has 362 valence electrons. The van der Waals surface area contributed by atoms with Crippen LogP contribution in [0, 0.1) is 16.2 Å². The van der Waals surface area contributed by atoms with Gasteiger partial charge in [0.25, 0.3) is 0 Å². The summed E-state index contributed by atoms with van der Waals surface area (Å²) in [6.07, 6.45) is 82.4. The van der Waals surface area contributed by atoms with Crippen molar-refractivity contribution in [3.63, 3.8) is 0 Å². The molecule has 0 atom stereocenters. The standard InChI is InChI=1S/C66H75O3P/c1-4-7-10-13-16-19-46-61(49-22-23-50(61)25-24-49)64(55-34-35-56(64)37-36-55)67-70(68-65(57-38-39-58(65)41-40-57)62(47-20-17-14-11-8-5-2)51-26-27-52(62)29-28-51)69-66(59-42-43-60(66)45-44-59)63(48-21-18-15-12-9-6-3)53-30-31-54(63)33-32-53/h22-45H,4-21,46-48H2,1-3H3. The Balaban J connectivity index is 0.998. The van der Waals surface area contributed by atoms with E-state index in [4.69, 9.17) is 13.6 Å². The van der Waals surface area contributed by atoms with Crippen LogP contribution in [0.1, 0.15) is 156 Å². The molecule has 0 spiro atoms. The second-order valence-electron chi connectivity index (χ2n) is 22.3. The number of hydrogen-bond acceptors (Lipinski definition) is 3. The zero-order valence-electron chi connectivity index (χ0n) is 42.4. The van der Waals surface area contributed by atoms with Crippen LogP contribution in [-0.4, -0.2) is 16.8 Å². The maximum Gasteiger partial charge on any atom is 0.336 e.